The van der Waals surface area contributed by atoms with Crippen LogP contribution in [0.1, 0.15) is 35.3 Å². The van der Waals surface area contributed by atoms with E-state index in [1.54, 1.807) is 13.2 Å². The Balaban J connectivity index is 1.86. The first kappa shape index (κ1) is 20.5. The highest BCUT2D eigenvalue weighted by Gasteiger charge is 2.19. The molecule has 0 heterocycles. The Labute approximate surface area is 175 Å². The van der Waals surface area contributed by atoms with Crippen molar-refractivity contribution in [3.63, 3.8) is 0 Å². The molecule has 2 N–H and O–H groups in total. The van der Waals surface area contributed by atoms with Gasteiger partial charge in [0.2, 0.25) is 0 Å². The Hall–Kier alpha value is -2.20. The minimum absolute atomic E-state index is 0.153. The van der Waals surface area contributed by atoms with Gasteiger partial charge in [-0.25, -0.2) is 0 Å². The molecule has 5 heteroatoms. The van der Waals surface area contributed by atoms with Gasteiger partial charge in [0.05, 0.1) is 29.3 Å². The molecule has 0 bridgehead atoms. The number of aliphatic hydroxyl groups excluding tert-OH is 1. The number of nitrogens with one attached hydrogen (secondary N) is 1. The number of anilines is 1. The van der Waals surface area contributed by atoms with Gasteiger partial charge in [-0.05, 0) is 54.4 Å². The molecule has 0 spiro atoms. The van der Waals surface area contributed by atoms with Crippen LogP contribution in [0.4, 0.5) is 5.69 Å². The Morgan fingerprint density at radius 1 is 0.893 bits per heavy atom. The highest BCUT2D eigenvalue weighted by molar-refractivity contribution is 6.42. The lowest BCUT2D eigenvalue weighted by Crippen LogP contribution is -2.15. The molecule has 0 amide bonds. The minimum atomic E-state index is -0.620. The number of rotatable bonds is 7. The number of aryl methyl sites for hydroxylation is 1. The van der Waals surface area contributed by atoms with Crippen LogP contribution >= 0.6 is 23.2 Å². The number of hydrogen-bond donors (Lipinski definition) is 2. The number of ether oxygens (including phenoxy) is 1. The normalized spacial score (nSPS) is 13.0. The summed E-state index contributed by atoms with van der Waals surface area (Å²) >= 11 is 12.3. The second kappa shape index (κ2) is 9.33. The van der Waals surface area contributed by atoms with E-state index in [1.165, 1.54) is 0 Å². The second-order valence-electron chi connectivity index (χ2n) is 6.76. The molecule has 28 heavy (non-hydrogen) atoms. The lowest BCUT2D eigenvalue weighted by atomic mass is 9.96. The first-order valence-electron chi connectivity index (χ1n) is 9.06. The molecular weight excluding hydrogens is 393 g/mol. The van der Waals surface area contributed by atoms with Gasteiger partial charge in [0.25, 0.3) is 0 Å². The molecule has 0 aromatic heterocycles. The third-order valence-corrected chi connectivity index (χ3v) is 5.44. The average Bonchev–Trinajstić information content (AvgIpc) is 2.70. The van der Waals surface area contributed by atoms with E-state index in [0.29, 0.717) is 16.5 Å². The first-order chi connectivity index (χ1) is 13.5. The highest BCUT2D eigenvalue weighted by atomic mass is 35.5. The number of aliphatic hydroxyl groups is 1. The van der Waals surface area contributed by atoms with Crippen LogP contribution in [0.2, 0.25) is 10.0 Å². The second-order valence-corrected chi connectivity index (χ2v) is 7.58. The summed E-state index contributed by atoms with van der Waals surface area (Å²) in [5.74, 6) is 0.788. The smallest absolute Gasteiger partial charge is 0.119 e. The molecule has 0 fully saturated rings. The summed E-state index contributed by atoms with van der Waals surface area (Å²) in [4.78, 5) is 0. The zero-order valence-corrected chi connectivity index (χ0v) is 17.3. The lowest BCUT2D eigenvalue weighted by molar-refractivity contribution is 0.160. The third kappa shape index (κ3) is 5.20. The molecule has 0 aliphatic carbocycles. The average molecular weight is 416 g/mol. The number of halogens is 2. The molecule has 0 aliphatic heterocycles. The van der Waals surface area contributed by atoms with Gasteiger partial charge in [-0.1, -0.05) is 59.1 Å². The molecule has 0 saturated carbocycles. The van der Waals surface area contributed by atoms with E-state index in [-0.39, 0.29) is 6.04 Å². The van der Waals surface area contributed by atoms with Gasteiger partial charge < -0.3 is 15.2 Å². The van der Waals surface area contributed by atoms with Crippen LogP contribution in [-0.4, -0.2) is 12.2 Å². The van der Waals surface area contributed by atoms with Crippen molar-refractivity contribution in [2.45, 2.75) is 25.5 Å². The molecule has 0 radical (unpaired) electrons. The number of methoxy groups -OCH3 is 1. The zero-order chi connectivity index (χ0) is 20.1. The number of hydrogen-bond acceptors (Lipinski definition) is 3. The molecule has 146 valence electrons. The summed E-state index contributed by atoms with van der Waals surface area (Å²) < 4.78 is 5.22. The number of benzene rings is 3. The van der Waals surface area contributed by atoms with E-state index in [2.05, 4.69) is 5.32 Å². The molecular formula is C23H23Cl2NO2. The van der Waals surface area contributed by atoms with Crippen molar-refractivity contribution in [1.82, 2.24) is 0 Å². The molecule has 3 aromatic carbocycles. The maximum atomic E-state index is 10.8. The topological polar surface area (TPSA) is 41.5 Å². The fourth-order valence-corrected chi connectivity index (χ4v) is 3.35. The van der Waals surface area contributed by atoms with Gasteiger partial charge in [0.1, 0.15) is 5.75 Å². The van der Waals surface area contributed by atoms with Crippen molar-refractivity contribution < 1.29 is 9.84 Å². The molecule has 3 nitrogen and oxygen atoms in total. The minimum Gasteiger partial charge on any atom is -0.497 e. The summed E-state index contributed by atoms with van der Waals surface area (Å²) in [6.07, 6.45) is -0.140. The molecule has 0 saturated heterocycles. The monoisotopic (exact) mass is 415 g/mol. The van der Waals surface area contributed by atoms with Gasteiger partial charge in [0, 0.05) is 12.1 Å². The molecule has 2 atom stereocenters. The van der Waals surface area contributed by atoms with Crippen molar-refractivity contribution in [2.75, 3.05) is 12.4 Å². The van der Waals surface area contributed by atoms with Gasteiger partial charge in [-0.2, -0.15) is 0 Å². The van der Waals surface area contributed by atoms with Crippen LogP contribution in [0.5, 0.6) is 5.75 Å². The lowest BCUT2D eigenvalue weighted by Gasteiger charge is -2.24. The largest absolute Gasteiger partial charge is 0.497 e. The summed E-state index contributed by atoms with van der Waals surface area (Å²) in [7, 11) is 1.64. The SMILES string of the molecule is COc1ccc(NC(CC(O)c2ccc(C)cc2)c2ccc(Cl)c(Cl)c2)cc1. The van der Waals surface area contributed by atoms with Crippen LogP contribution in [0.15, 0.2) is 66.7 Å². The fourth-order valence-electron chi connectivity index (χ4n) is 3.04. The van der Waals surface area contributed by atoms with Gasteiger partial charge in [-0.3, -0.25) is 0 Å². The van der Waals surface area contributed by atoms with Crippen LogP contribution in [0.25, 0.3) is 0 Å². The maximum absolute atomic E-state index is 10.8. The fraction of sp³-hybridized carbons (Fsp3) is 0.217. The quantitative estimate of drug-likeness (QED) is 0.457. The van der Waals surface area contributed by atoms with Crippen LogP contribution in [-0.2, 0) is 0 Å². The Bertz CT molecular complexity index is 911. The van der Waals surface area contributed by atoms with E-state index in [9.17, 15) is 5.11 Å². The van der Waals surface area contributed by atoms with Crippen LogP contribution in [0, 0.1) is 6.92 Å². The molecule has 3 rings (SSSR count). The predicted octanol–water partition coefficient (Wildman–Crippen LogP) is 6.59. The van der Waals surface area contributed by atoms with E-state index < -0.39 is 6.10 Å². The van der Waals surface area contributed by atoms with Crippen molar-refractivity contribution in [3.05, 3.63) is 93.5 Å². The van der Waals surface area contributed by atoms with E-state index in [1.807, 2.05) is 67.6 Å². The van der Waals surface area contributed by atoms with Crippen LogP contribution < -0.4 is 10.1 Å². The third-order valence-electron chi connectivity index (χ3n) is 4.70. The maximum Gasteiger partial charge on any atom is 0.119 e. The van der Waals surface area contributed by atoms with Gasteiger partial charge >= 0.3 is 0 Å². The Morgan fingerprint density at radius 2 is 1.54 bits per heavy atom. The molecule has 3 aromatic rings. The predicted molar refractivity (Wildman–Crippen MR) is 117 cm³/mol. The van der Waals surface area contributed by atoms with Crippen molar-refractivity contribution in [3.8, 4) is 5.75 Å². The van der Waals surface area contributed by atoms with Crippen LogP contribution in [0.3, 0.4) is 0 Å². The molecule has 0 aliphatic rings. The van der Waals surface area contributed by atoms with Crippen molar-refractivity contribution in [1.29, 1.82) is 0 Å². The van der Waals surface area contributed by atoms with E-state index in [0.717, 1.165) is 28.1 Å². The van der Waals surface area contributed by atoms with Crippen molar-refractivity contribution >= 4 is 28.9 Å². The summed E-state index contributed by atoms with van der Waals surface area (Å²) in [6, 6.07) is 21.0. The van der Waals surface area contributed by atoms with E-state index >= 15 is 0 Å². The standard InChI is InChI=1S/C23H23Cl2NO2/c1-15-3-5-16(6-4-15)23(27)14-22(17-7-12-20(24)21(25)13-17)26-18-8-10-19(28-2)11-9-18/h3-13,22-23,26-27H,14H2,1-2H3. The Morgan fingerprint density at radius 3 is 2.14 bits per heavy atom. The van der Waals surface area contributed by atoms with Gasteiger partial charge in [-0.15, -0.1) is 0 Å². The highest BCUT2D eigenvalue weighted by Crippen LogP contribution is 2.33. The summed E-state index contributed by atoms with van der Waals surface area (Å²) in [5, 5.41) is 15.3. The van der Waals surface area contributed by atoms with E-state index in [4.69, 9.17) is 27.9 Å². The summed E-state index contributed by atoms with van der Waals surface area (Å²) in [6.45, 7) is 2.03. The molecule has 2 unspecified atom stereocenters. The van der Waals surface area contributed by atoms with Gasteiger partial charge in [0.15, 0.2) is 0 Å². The first-order valence-corrected chi connectivity index (χ1v) is 9.82. The summed E-state index contributed by atoms with van der Waals surface area (Å²) in [5.41, 5.74) is 3.92. The Kier molecular flexibility index (Phi) is 6.84. The zero-order valence-electron chi connectivity index (χ0n) is 15.8. The van der Waals surface area contributed by atoms with Crippen molar-refractivity contribution in [2.24, 2.45) is 0 Å².